The van der Waals surface area contributed by atoms with E-state index in [4.69, 9.17) is 4.74 Å². The van der Waals surface area contributed by atoms with E-state index in [2.05, 4.69) is 27.2 Å². The van der Waals surface area contributed by atoms with Gasteiger partial charge < -0.3 is 19.4 Å². The summed E-state index contributed by atoms with van der Waals surface area (Å²) in [4.78, 5) is 32.4. The van der Waals surface area contributed by atoms with Crippen LogP contribution < -0.4 is 9.64 Å². The minimum absolute atomic E-state index is 0.0264. The van der Waals surface area contributed by atoms with Crippen molar-refractivity contribution in [3.05, 3.63) is 72.3 Å². The van der Waals surface area contributed by atoms with Crippen molar-refractivity contribution in [3.63, 3.8) is 0 Å². The minimum Gasteiger partial charge on any atom is -0.497 e. The lowest BCUT2D eigenvalue weighted by molar-refractivity contribution is -0.144. The quantitative estimate of drug-likeness (QED) is 0.418. The molecule has 2 fully saturated rings. The van der Waals surface area contributed by atoms with Crippen molar-refractivity contribution in [1.29, 1.82) is 0 Å². The number of nitrogens with zero attached hydrogens (tertiary/aromatic N) is 5. The van der Waals surface area contributed by atoms with Gasteiger partial charge in [0.1, 0.15) is 5.75 Å². The van der Waals surface area contributed by atoms with Gasteiger partial charge in [0.2, 0.25) is 11.8 Å². The van der Waals surface area contributed by atoms with Crippen molar-refractivity contribution in [1.82, 2.24) is 20.0 Å². The molecule has 2 amide bonds. The lowest BCUT2D eigenvalue weighted by Gasteiger charge is -2.33. The Morgan fingerprint density at radius 1 is 0.897 bits per heavy atom. The van der Waals surface area contributed by atoms with Crippen LogP contribution in [-0.2, 0) is 16.0 Å². The number of hydrogen-bond acceptors (Lipinski definition) is 6. The average Bonchev–Trinajstić information content (AvgIpc) is 3.21. The second-order valence-corrected chi connectivity index (χ2v) is 10.3. The summed E-state index contributed by atoms with van der Waals surface area (Å²) in [6, 6.07) is 21.9. The summed E-state index contributed by atoms with van der Waals surface area (Å²) in [5.74, 6) is 1.85. The number of aromatic nitrogens is 2. The van der Waals surface area contributed by atoms with Crippen molar-refractivity contribution in [3.8, 4) is 17.0 Å². The van der Waals surface area contributed by atoms with Crippen molar-refractivity contribution in [2.75, 3.05) is 51.3 Å². The molecule has 1 saturated heterocycles. The molecule has 0 spiro atoms. The number of carbonyl (C=O) groups excluding carboxylic acids is 2. The summed E-state index contributed by atoms with van der Waals surface area (Å²) in [5.41, 5.74) is 2.97. The molecule has 2 aliphatic rings. The summed E-state index contributed by atoms with van der Waals surface area (Å²) < 4.78 is 5.23. The Balaban J connectivity index is 1.18. The molecule has 0 N–H and O–H groups in total. The Bertz CT molecular complexity index is 1230. The van der Waals surface area contributed by atoms with Gasteiger partial charge in [0, 0.05) is 44.2 Å². The number of hydrogen-bond donors (Lipinski definition) is 0. The number of benzene rings is 2. The molecule has 1 saturated carbocycles. The Kier molecular flexibility index (Phi) is 8.71. The molecule has 0 atom stereocenters. The van der Waals surface area contributed by atoms with E-state index in [0.717, 1.165) is 61.5 Å². The summed E-state index contributed by atoms with van der Waals surface area (Å²) in [5, 5.41) is 8.92. The first-order valence-electron chi connectivity index (χ1n) is 13.9. The maximum Gasteiger partial charge on any atom is 0.242 e. The summed E-state index contributed by atoms with van der Waals surface area (Å²) in [6.07, 6.45) is 4.57. The van der Waals surface area contributed by atoms with E-state index >= 15 is 0 Å². The highest BCUT2D eigenvalue weighted by Gasteiger charge is 2.31. The molecule has 0 radical (unpaired) electrons. The van der Waals surface area contributed by atoms with E-state index in [1.807, 2.05) is 59.5 Å². The lowest BCUT2D eigenvalue weighted by Crippen LogP contribution is -2.47. The first-order valence-corrected chi connectivity index (χ1v) is 13.9. The van der Waals surface area contributed by atoms with E-state index < -0.39 is 0 Å². The maximum absolute atomic E-state index is 13.4. The molecule has 1 aliphatic carbocycles. The maximum atomic E-state index is 13.4. The minimum atomic E-state index is 0.0264. The van der Waals surface area contributed by atoms with E-state index in [9.17, 15) is 9.59 Å². The monoisotopic (exact) mass is 527 g/mol. The van der Waals surface area contributed by atoms with Gasteiger partial charge in [-0.1, -0.05) is 36.8 Å². The third-order valence-corrected chi connectivity index (χ3v) is 7.81. The first kappa shape index (κ1) is 26.7. The van der Waals surface area contributed by atoms with Crippen LogP contribution in [0.2, 0.25) is 0 Å². The molecule has 1 aliphatic heterocycles. The van der Waals surface area contributed by atoms with Crippen LogP contribution in [0, 0.1) is 5.92 Å². The molecule has 39 heavy (non-hydrogen) atoms. The van der Waals surface area contributed by atoms with Crippen LogP contribution in [0.1, 0.15) is 31.2 Å². The molecule has 204 valence electrons. The van der Waals surface area contributed by atoms with Gasteiger partial charge in [-0.05, 0) is 67.6 Å². The van der Waals surface area contributed by atoms with E-state index in [-0.39, 0.29) is 24.3 Å². The third kappa shape index (κ3) is 6.74. The molecule has 3 aromatic rings. The zero-order valence-corrected chi connectivity index (χ0v) is 22.7. The van der Waals surface area contributed by atoms with Gasteiger partial charge in [-0.15, -0.1) is 10.2 Å². The van der Waals surface area contributed by atoms with Crippen molar-refractivity contribution >= 4 is 17.6 Å². The van der Waals surface area contributed by atoms with Crippen LogP contribution in [-0.4, -0.2) is 78.2 Å². The normalized spacial score (nSPS) is 15.8. The van der Waals surface area contributed by atoms with Crippen LogP contribution in [0.4, 0.5) is 5.82 Å². The summed E-state index contributed by atoms with van der Waals surface area (Å²) >= 11 is 0. The van der Waals surface area contributed by atoms with Crippen molar-refractivity contribution in [2.45, 2.75) is 32.1 Å². The summed E-state index contributed by atoms with van der Waals surface area (Å²) in [6.45, 7) is 3.49. The number of rotatable bonds is 9. The first-order chi connectivity index (χ1) is 19.1. The molecule has 0 bridgehead atoms. The highest BCUT2D eigenvalue weighted by Crippen LogP contribution is 2.28. The highest BCUT2D eigenvalue weighted by atomic mass is 16.5. The second-order valence-electron chi connectivity index (χ2n) is 10.3. The van der Waals surface area contributed by atoms with Gasteiger partial charge in [-0.2, -0.15) is 0 Å². The van der Waals surface area contributed by atoms with Crippen LogP contribution in [0.15, 0.2) is 66.7 Å². The zero-order chi connectivity index (χ0) is 27.0. The van der Waals surface area contributed by atoms with E-state index in [1.54, 1.807) is 12.0 Å². The molecule has 5 rings (SSSR count). The van der Waals surface area contributed by atoms with Crippen LogP contribution in [0.3, 0.4) is 0 Å². The molecule has 8 nitrogen and oxygen atoms in total. The fourth-order valence-electron chi connectivity index (χ4n) is 5.16. The number of methoxy groups -OCH3 is 1. The molecule has 1 aromatic heterocycles. The molecule has 2 heterocycles. The fraction of sp³-hybridized carbons (Fsp3) is 0.419. The van der Waals surface area contributed by atoms with E-state index in [1.165, 1.54) is 5.56 Å². The lowest BCUT2D eigenvalue weighted by atomic mass is 9.84. The highest BCUT2D eigenvalue weighted by molar-refractivity contribution is 5.86. The number of ether oxygens (including phenoxy) is 1. The van der Waals surface area contributed by atoms with Gasteiger partial charge in [0.05, 0.1) is 19.3 Å². The predicted molar refractivity (Wildman–Crippen MR) is 151 cm³/mol. The number of amides is 2. The largest absolute Gasteiger partial charge is 0.497 e. The standard InChI is InChI=1S/C31H37N5O3/c1-39-27-13-11-25(12-14-27)28-15-16-29(33-32-28)34-18-6-19-35(22-21-34)30(37)23-36(31(38)26-9-5-10-26)20-17-24-7-3-2-4-8-24/h2-4,7-8,11-16,26H,5-6,9-10,17-23H2,1H3. The number of anilines is 1. The smallest absolute Gasteiger partial charge is 0.242 e. The fourth-order valence-corrected chi connectivity index (χ4v) is 5.16. The van der Waals surface area contributed by atoms with Crippen LogP contribution in [0.25, 0.3) is 11.3 Å². The summed E-state index contributed by atoms with van der Waals surface area (Å²) in [7, 11) is 1.65. The Morgan fingerprint density at radius 3 is 2.36 bits per heavy atom. The van der Waals surface area contributed by atoms with Crippen LogP contribution >= 0.6 is 0 Å². The van der Waals surface area contributed by atoms with Crippen LogP contribution in [0.5, 0.6) is 5.75 Å². The van der Waals surface area contributed by atoms with Gasteiger partial charge >= 0.3 is 0 Å². The zero-order valence-electron chi connectivity index (χ0n) is 22.7. The van der Waals surface area contributed by atoms with Gasteiger partial charge in [-0.25, -0.2) is 0 Å². The van der Waals surface area contributed by atoms with E-state index in [0.29, 0.717) is 26.2 Å². The second kappa shape index (κ2) is 12.7. The molecule has 8 heteroatoms. The third-order valence-electron chi connectivity index (χ3n) is 7.81. The van der Waals surface area contributed by atoms with Crippen molar-refractivity contribution in [2.24, 2.45) is 5.92 Å². The Hall–Kier alpha value is -3.94. The molecule has 0 unspecified atom stereocenters. The predicted octanol–water partition coefficient (Wildman–Crippen LogP) is 4.06. The molecular weight excluding hydrogens is 490 g/mol. The Labute approximate surface area is 230 Å². The van der Waals surface area contributed by atoms with Gasteiger partial charge in [0.25, 0.3) is 0 Å². The van der Waals surface area contributed by atoms with Gasteiger partial charge in [0.15, 0.2) is 5.82 Å². The molecular formula is C31H37N5O3. The number of carbonyl (C=O) groups is 2. The topological polar surface area (TPSA) is 78.9 Å². The van der Waals surface area contributed by atoms with Crippen molar-refractivity contribution < 1.29 is 14.3 Å². The molecule has 2 aromatic carbocycles. The van der Waals surface area contributed by atoms with Gasteiger partial charge in [-0.3, -0.25) is 9.59 Å². The Morgan fingerprint density at radius 2 is 1.69 bits per heavy atom. The average molecular weight is 528 g/mol. The SMILES string of the molecule is COc1ccc(-c2ccc(N3CCCN(C(=O)CN(CCc4ccccc4)C(=O)C4CCC4)CC3)nn2)cc1.